The molecule has 0 spiro atoms. The van der Waals surface area contributed by atoms with Crippen LogP contribution in [0.5, 0.6) is 0 Å². The minimum atomic E-state index is -0.354. The lowest BCUT2D eigenvalue weighted by Gasteiger charge is -2.12. The molecule has 0 unspecified atom stereocenters. The van der Waals surface area contributed by atoms with E-state index in [4.69, 9.17) is 0 Å². The summed E-state index contributed by atoms with van der Waals surface area (Å²) < 4.78 is 0. The van der Waals surface area contributed by atoms with Crippen molar-refractivity contribution in [3.63, 3.8) is 0 Å². The maximum atomic E-state index is 11.2. The molecule has 0 radical (unpaired) electrons. The maximum Gasteiger partial charge on any atom is 0.217 e. The number of carbonyl (C=O) groups excluding carboxylic acids is 2. The Morgan fingerprint density at radius 2 is 1.73 bits per heavy atom. The SMILES string of the molecule is CC(=O)N[C@H](C)C(=O)C(C)C.[HH]. The van der Waals surface area contributed by atoms with Gasteiger partial charge in [-0.15, -0.1) is 0 Å². The van der Waals surface area contributed by atoms with Crippen LogP contribution in [0.25, 0.3) is 0 Å². The predicted molar refractivity (Wildman–Crippen MR) is 45.2 cm³/mol. The number of carbonyl (C=O) groups is 2. The zero-order chi connectivity index (χ0) is 9.02. The van der Waals surface area contributed by atoms with Crippen molar-refractivity contribution >= 4 is 11.7 Å². The molecule has 1 atom stereocenters. The van der Waals surface area contributed by atoms with E-state index in [9.17, 15) is 9.59 Å². The lowest BCUT2D eigenvalue weighted by Crippen LogP contribution is -2.39. The summed E-state index contributed by atoms with van der Waals surface area (Å²) in [5, 5.41) is 2.54. The number of hydrogen-bond acceptors (Lipinski definition) is 2. The lowest BCUT2D eigenvalue weighted by atomic mass is 10.0. The molecule has 0 aromatic carbocycles. The monoisotopic (exact) mass is 159 g/mol. The molecule has 0 aromatic rings. The topological polar surface area (TPSA) is 46.2 Å². The highest BCUT2D eigenvalue weighted by atomic mass is 16.2. The zero-order valence-electron chi connectivity index (χ0n) is 7.47. The summed E-state index contributed by atoms with van der Waals surface area (Å²) in [6.07, 6.45) is 0. The lowest BCUT2D eigenvalue weighted by molar-refractivity contribution is -0.128. The zero-order valence-corrected chi connectivity index (χ0v) is 7.47. The average molecular weight is 159 g/mol. The molecular weight excluding hydrogens is 142 g/mol. The minimum Gasteiger partial charge on any atom is -0.347 e. The molecule has 3 nitrogen and oxygen atoms in total. The quantitative estimate of drug-likeness (QED) is 0.667. The highest BCUT2D eigenvalue weighted by molar-refractivity contribution is 5.89. The third kappa shape index (κ3) is 3.75. The van der Waals surface area contributed by atoms with Crippen LogP contribution < -0.4 is 5.32 Å². The summed E-state index contributed by atoms with van der Waals surface area (Å²) in [6, 6.07) is -0.354. The molecule has 0 saturated carbocycles. The predicted octanol–water partition coefficient (Wildman–Crippen LogP) is 0.982. The van der Waals surface area contributed by atoms with Crippen LogP contribution in [0.1, 0.15) is 29.1 Å². The normalized spacial score (nSPS) is 12.8. The standard InChI is InChI=1S/C8H15NO2.H2/c1-5(2)8(11)6(3)9-7(4)10;/h5-6H,1-4H3,(H,9,10);1H/t6-;/m1./s1. The molecule has 1 amide bonds. The van der Waals surface area contributed by atoms with E-state index in [1.54, 1.807) is 6.92 Å². The van der Waals surface area contributed by atoms with Gasteiger partial charge in [0.25, 0.3) is 0 Å². The number of nitrogens with one attached hydrogen (secondary N) is 1. The number of amides is 1. The highest BCUT2D eigenvalue weighted by Gasteiger charge is 2.16. The fourth-order valence-electron chi connectivity index (χ4n) is 0.876. The van der Waals surface area contributed by atoms with Gasteiger partial charge in [0.1, 0.15) is 0 Å². The first-order valence-corrected chi connectivity index (χ1v) is 3.76. The van der Waals surface area contributed by atoms with Crippen molar-refractivity contribution in [2.45, 2.75) is 33.7 Å². The van der Waals surface area contributed by atoms with E-state index in [-0.39, 0.29) is 25.1 Å². The number of hydrogen-bond donors (Lipinski definition) is 1. The van der Waals surface area contributed by atoms with Crippen LogP contribution in [0.15, 0.2) is 0 Å². The van der Waals surface area contributed by atoms with Gasteiger partial charge in [-0.1, -0.05) is 13.8 Å². The average Bonchev–Trinajstić information content (AvgIpc) is 1.84. The molecule has 0 aliphatic rings. The fourth-order valence-corrected chi connectivity index (χ4v) is 0.876. The van der Waals surface area contributed by atoms with Gasteiger partial charge in [-0.2, -0.15) is 0 Å². The van der Waals surface area contributed by atoms with Crippen molar-refractivity contribution in [2.24, 2.45) is 5.92 Å². The first kappa shape index (κ1) is 10.1. The van der Waals surface area contributed by atoms with Crippen molar-refractivity contribution in [2.75, 3.05) is 0 Å². The van der Waals surface area contributed by atoms with Gasteiger partial charge in [0.2, 0.25) is 5.91 Å². The Bertz CT molecular complexity index is 168. The Morgan fingerprint density at radius 1 is 1.27 bits per heavy atom. The molecule has 66 valence electrons. The molecule has 11 heavy (non-hydrogen) atoms. The van der Waals surface area contributed by atoms with E-state index in [0.717, 1.165) is 0 Å². The van der Waals surface area contributed by atoms with E-state index in [1.807, 2.05) is 13.8 Å². The number of Topliss-reactive ketones (excluding diaryl/α,β-unsaturated/α-hetero) is 1. The van der Waals surface area contributed by atoms with Crippen LogP contribution in [-0.4, -0.2) is 17.7 Å². The molecule has 0 aromatic heterocycles. The highest BCUT2D eigenvalue weighted by Crippen LogP contribution is 1.98. The van der Waals surface area contributed by atoms with Crippen molar-refractivity contribution in [3.8, 4) is 0 Å². The van der Waals surface area contributed by atoms with Gasteiger partial charge >= 0.3 is 0 Å². The van der Waals surface area contributed by atoms with Gasteiger partial charge in [0, 0.05) is 14.3 Å². The maximum absolute atomic E-state index is 11.2. The van der Waals surface area contributed by atoms with Crippen LogP contribution >= 0.6 is 0 Å². The molecule has 0 heterocycles. The Hall–Kier alpha value is -0.860. The Balaban J connectivity index is 0. The third-order valence-electron chi connectivity index (χ3n) is 1.42. The van der Waals surface area contributed by atoms with Crippen LogP contribution in [-0.2, 0) is 9.59 Å². The second-order valence-electron chi connectivity index (χ2n) is 2.98. The van der Waals surface area contributed by atoms with Crippen molar-refractivity contribution < 1.29 is 11.0 Å². The molecule has 3 heteroatoms. The fraction of sp³-hybridized carbons (Fsp3) is 0.750. The number of ketones is 1. The van der Waals surface area contributed by atoms with Crippen LogP contribution in [0.2, 0.25) is 0 Å². The largest absolute Gasteiger partial charge is 0.347 e. The van der Waals surface area contributed by atoms with Gasteiger partial charge < -0.3 is 5.32 Å². The van der Waals surface area contributed by atoms with E-state index in [1.165, 1.54) is 6.92 Å². The van der Waals surface area contributed by atoms with E-state index < -0.39 is 0 Å². The van der Waals surface area contributed by atoms with E-state index in [0.29, 0.717) is 0 Å². The molecular formula is C8H17NO2. The summed E-state index contributed by atoms with van der Waals surface area (Å²) in [4.78, 5) is 21.7. The molecule has 0 aliphatic carbocycles. The summed E-state index contributed by atoms with van der Waals surface area (Å²) >= 11 is 0. The van der Waals surface area contributed by atoms with Gasteiger partial charge in [0.05, 0.1) is 6.04 Å². The van der Waals surface area contributed by atoms with Gasteiger partial charge in [0.15, 0.2) is 5.78 Å². The summed E-state index contributed by atoms with van der Waals surface area (Å²) in [5.41, 5.74) is 0. The molecule has 0 fully saturated rings. The van der Waals surface area contributed by atoms with Gasteiger partial charge in [-0.05, 0) is 6.92 Å². The van der Waals surface area contributed by atoms with E-state index in [2.05, 4.69) is 5.32 Å². The molecule has 0 aliphatic heterocycles. The van der Waals surface area contributed by atoms with E-state index >= 15 is 0 Å². The molecule has 0 saturated heterocycles. The summed E-state index contributed by atoms with van der Waals surface area (Å²) in [6.45, 7) is 6.75. The smallest absolute Gasteiger partial charge is 0.217 e. The third-order valence-corrected chi connectivity index (χ3v) is 1.42. The Morgan fingerprint density at radius 3 is 2.00 bits per heavy atom. The van der Waals surface area contributed by atoms with Crippen molar-refractivity contribution in [3.05, 3.63) is 0 Å². The minimum absolute atomic E-state index is 0. The second-order valence-corrected chi connectivity index (χ2v) is 2.98. The number of rotatable bonds is 3. The van der Waals surface area contributed by atoms with Crippen LogP contribution in [0.4, 0.5) is 0 Å². The van der Waals surface area contributed by atoms with Gasteiger partial charge in [-0.25, -0.2) is 0 Å². The van der Waals surface area contributed by atoms with Crippen LogP contribution in [0.3, 0.4) is 0 Å². The molecule has 0 bridgehead atoms. The summed E-state index contributed by atoms with van der Waals surface area (Å²) in [7, 11) is 0. The Labute approximate surface area is 68.7 Å². The molecule has 0 rings (SSSR count). The first-order chi connectivity index (χ1) is 4.95. The first-order valence-electron chi connectivity index (χ1n) is 3.76. The second kappa shape index (κ2) is 4.11. The van der Waals surface area contributed by atoms with Crippen molar-refractivity contribution in [1.82, 2.24) is 5.32 Å². The van der Waals surface area contributed by atoms with Crippen LogP contribution in [0, 0.1) is 5.92 Å². The van der Waals surface area contributed by atoms with Crippen molar-refractivity contribution in [1.29, 1.82) is 0 Å². The van der Waals surface area contributed by atoms with Gasteiger partial charge in [-0.3, -0.25) is 9.59 Å². The Kier molecular flexibility index (Phi) is 3.79. The summed E-state index contributed by atoms with van der Waals surface area (Å²) in [5.74, 6) is -0.108. The molecule has 1 N–H and O–H groups in total.